The highest BCUT2D eigenvalue weighted by Gasteiger charge is 2.21. The van der Waals surface area contributed by atoms with E-state index in [4.69, 9.17) is 4.42 Å². The molecular weight excluding hydrogens is 246 g/mol. The van der Waals surface area contributed by atoms with Crippen molar-refractivity contribution in [3.8, 4) is 0 Å². The van der Waals surface area contributed by atoms with Crippen molar-refractivity contribution in [2.45, 2.75) is 45.6 Å². The lowest BCUT2D eigenvalue weighted by Crippen LogP contribution is -2.23. The maximum Gasteiger partial charge on any atom is 0.134 e. The highest BCUT2D eigenvalue weighted by molar-refractivity contribution is 5.78. The minimum atomic E-state index is 0.244. The highest BCUT2D eigenvalue weighted by Crippen LogP contribution is 2.33. The first-order valence-electron chi connectivity index (χ1n) is 7.70. The average Bonchev–Trinajstić information content (AvgIpc) is 2.88. The Morgan fingerprint density at radius 2 is 2.15 bits per heavy atom. The molecule has 20 heavy (non-hydrogen) atoms. The Balaban J connectivity index is 1.98. The standard InChI is InChI=1S/C18H23NO/c1-3-19-18(14-7-5-4-6-8-14)17-12-15-11-13(2)9-10-16(15)20-17/h7,9-12,18-19H,3-6,8H2,1-2H3. The molecule has 1 heterocycles. The van der Waals surface area contributed by atoms with Gasteiger partial charge >= 0.3 is 0 Å². The summed E-state index contributed by atoms with van der Waals surface area (Å²) in [4.78, 5) is 0. The summed E-state index contributed by atoms with van der Waals surface area (Å²) >= 11 is 0. The Hall–Kier alpha value is -1.54. The smallest absolute Gasteiger partial charge is 0.134 e. The van der Waals surface area contributed by atoms with Gasteiger partial charge in [-0.2, -0.15) is 0 Å². The van der Waals surface area contributed by atoms with E-state index < -0.39 is 0 Å². The van der Waals surface area contributed by atoms with E-state index in [2.05, 4.69) is 49.5 Å². The van der Waals surface area contributed by atoms with E-state index in [1.54, 1.807) is 0 Å². The van der Waals surface area contributed by atoms with Gasteiger partial charge in [0.15, 0.2) is 0 Å². The minimum Gasteiger partial charge on any atom is -0.459 e. The molecule has 0 radical (unpaired) electrons. The summed E-state index contributed by atoms with van der Waals surface area (Å²) in [7, 11) is 0. The van der Waals surface area contributed by atoms with Crippen LogP contribution in [0.25, 0.3) is 11.0 Å². The molecule has 3 rings (SSSR count). The molecule has 1 aromatic heterocycles. The summed E-state index contributed by atoms with van der Waals surface area (Å²) < 4.78 is 6.09. The van der Waals surface area contributed by atoms with Gasteiger partial charge < -0.3 is 9.73 Å². The maximum absolute atomic E-state index is 6.09. The van der Waals surface area contributed by atoms with Crippen LogP contribution in [0.1, 0.15) is 50.0 Å². The first-order valence-corrected chi connectivity index (χ1v) is 7.70. The Bertz CT molecular complexity index is 623. The molecule has 2 heteroatoms. The third-order valence-electron chi connectivity index (χ3n) is 4.08. The van der Waals surface area contributed by atoms with Crippen LogP contribution in [0, 0.1) is 6.92 Å². The van der Waals surface area contributed by atoms with Crippen molar-refractivity contribution >= 4 is 11.0 Å². The highest BCUT2D eigenvalue weighted by atomic mass is 16.3. The van der Waals surface area contributed by atoms with Gasteiger partial charge in [0, 0.05) is 5.39 Å². The van der Waals surface area contributed by atoms with Crippen molar-refractivity contribution in [2.75, 3.05) is 6.54 Å². The van der Waals surface area contributed by atoms with Gasteiger partial charge in [-0.15, -0.1) is 0 Å². The number of rotatable bonds is 4. The van der Waals surface area contributed by atoms with Gasteiger partial charge in [0.1, 0.15) is 11.3 Å². The Morgan fingerprint density at radius 3 is 2.90 bits per heavy atom. The summed E-state index contributed by atoms with van der Waals surface area (Å²) in [5.74, 6) is 1.06. The van der Waals surface area contributed by atoms with Gasteiger partial charge in [-0.3, -0.25) is 0 Å². The van der Waals surface area contributed by atoms with Crippen molar-refractivity contribution in [2.24, 2.45) is 0 Å². The van der Waals surface area contributed by atoms with Gasteiger partial charge in [-0.05, 0) is 62.9 Å². The number of hydrogen-bond donors (Lipinski definition) is 1. The molecule has 1 aliphatic carbocycles. The number of likely N-dealkylation sites (N-methyl/N-ethyl adjacent to an activating group) is 1. The topological polar surface area (TPSA) is 25.2 Å². The molecule has 0 aliphatic heterocycles. The molecule has 1 unspecified atom stereocenters. The first-order chi connectivity index (χ1) is 9.78. The van der Waals surface area contributed by atoms with Gasteiger partial charge in [0.05, 0.1) is 6.04 Å². The molecule has 0 spiro atoms. The van der Waals surface area contributed by atoms with Crippen LogP contribution >= 0.6 is 0 Å². The maximum atomic E-state index is 6.09. The molecule has 1 atom stereocenters. The fourth-order valence-corrected chi connectivity index (χ4v) is 3.07. The zero-order chi connectivity index (χ0) is 13.9. The molecule has 106 valence electrons. The zero-order valence-corrected chi connectivity index (χ0v) is 12.4. The molecular formula is C18H23NO. The predicted molar refractivity (Wildman–Crippen MR) is 83.9 cm³/mol. The van der Waals surface area contributed by atoms with E-state index in [9.17, 15) is 0 Å². The molecule has 2 aromatic rings. The van der Waals surface area contributed by atoms with E-state index in [1.165, 1.54) is 42.2 Å². The summed E-state index contributed by atoms with van der Waals surface area (Å²) in [6, 6.07) is 8.82. The van der Waals surface area contributed by atoms with Gasteiger partial charge in [-0.1, -0.05) is 24.6 Å². The Labute approximate surface area is 120 Å². The molecule has 1 aromatic carbocycles. The molecule has 0 bridgehead atoms. The Morgan fingerprint density at radius 1 is 1.25 bits per heavy atom. The van der Waals surface area contributed by atoms with Crippen LogP contribution in [0.3, 0.4) is 0 Å². The van der Waals surface area contributed by atoms with Crippen molar-refractivity contribution in [3.05, 3.63) is 47.2 Å². The van der Waals surface area contributed by atoms with Crippen LogP contribution in [0.15, 0.2) is 40.3 Å². The number of aryl methyl sites for hydroxylation is 1. The van der Waals surface area contributed by atoms with Crippen LogP contribution < -0.4 is 5.32 Å². The monoisotopic (exact) mass is 269 g/mol. The number of fused-ring (bicyclic) bond motifs is 1. The largest absolute Gasteiger partial charge is 0.459 e. The lowest BCUT2D eigenvalue weighted by atomic mass is 9.92. The number of furan rings is 1. The number of nitrogens with one attached hydrogen (secondary N) is 1. The van der Waals surface area contributed by atoms with Crippen LogP contribution in [0.4, 0.5) is 0 Å². The zero-order valence-electron chi connectivity index (χ0n) is 12.4. The van der Waals surface area contributed by atoms with E-state index >= 15 is 0 Å². The molecule has 0 fully saturated rings. The third-order valence-corrected chi connectivity index (χ3v) is 4.08. The molecule has 2 nitrogen and oxygen atoms in total. The fourth-order valence-electron chi connectivity index (χ4n) is 3.07. The number of benzene rings is 1. The summed E-state index contributed by atoms with van der Waals surface area (Å²) in [6.07, 6.45) is 7.41. The SMILES string of the molecule is CCNC(C1=CCCCC1)c1cc2cc(C)ccc2o1. The van der Waals surface area contributed by atoms with Crippen molar-refractivity contribution < 1.29 is 4.42 Å². The minimum absolute atomic E-state index is 0.244. The number of allylic oxidation sites excluding steroid dienone is 1. The van der Waals surface area contributed by atoms with Crippen LogP contribution in [0.2, 0.25) is 0 Å². The third kappa shape index (κ3) is 2.66. The lowest BCUT2D eigenvalue weighted by Gasteiger charge is -2.22. The second-order valence-corrected chi connectivity index (χ2v) is 5.71. The van der Waals surface area contributed by atoms with E-state index in [1.807, 2.05) is 0 Å². The van der Waals surface area contributed by atoms with Crippen molar-refractivity contribution in [3.63, 3.8) is 0 Å². The van der Waals surface area contributed by atoms with Gasteiger partial charge in [0.25, 0.3) is 0 Å². The van der Waals surface area contributed by atoms with Crippen molar-refractivity contribution in [1.82, 2.24) is 5.32 Å². The fraction of sp³-hybridized carbons (Fsp3) is 0.444. The number of hydrogen-bond acceptors (Lipinski definition) is 2. The quantitative estimate of drug-likeness (QED) is 0.799. The Kier molecular flexibility index (Phi) is 3.93. The lowest BCUT2D eigenvalue weighted by molar-refractivity contribution is 0.456. The van der Waals surface area contributed by atoms with Gasteiger partial charge in [0.2, 0.25) is 0 Å². The first kappa shape index (κ1) is 13.4. The second-order valence-electron chi connectivity index (χ2n) is 5.71. The van der Waals surface area contributed by atoms with Crippen molar-refractivity contribution in [1.29, 1.82) is 0 Å². The molecule has 0 saturated carbocycles. The van der Waals surface area contributed by atoms with Gasteiger partial charge in [-0.25, -0.2) is 0 Å². The summed E-state index contributed by atoms with van der Waals surface area (Å²) in [5.41, 5.74) is 3.76. The molecule has 1 aliphatic rings. The predicted octanol–water partition coefficient (Wildman–Crippen LogP) is 4.89. The molecule has 0 saturated heterocycles. The molecule has 0 amide bonds. The normalized spacial score (nSPS) is 17.2. The average molecular weight is 269 g/mol. The molecule has 1 N–H and O–H groups in total. The van der Waals surface area contributed by atoms with E-state index in [0.29, 0.717) is 0 Å². The van der Waals surface area contributed by atoms with Crippen LogP contribution in [-0.2, 0) is 0 Å². The summed E-state index contributed by atoms with van der Waals surface area (Å²) in [6.45, 7) is 5.23. The van der Waals surface area contributed by atoms with Crippen LogP contribution in [0.5, 0.6) is 0 Å². The van der Waals surface area contributed by atoms with E-state index in [-0.39, 0.29) is 6.04 Å². The van der Waals surface area contributed by atoms with E-state index in [0.717, 1.165) is 17.9 Å². The van der Waals surface area contributed by atoms with Crippen LogP contribution in [-0.4, -0.2) is 6.54 Å². The summed E-state index contributed by atoms with van der Waals surface area (Å²) in [5, 5.41) is 4.79. The second kappa shape index (κ2) is 5.84.